The zero-order chi connectivity index (χ0) is 20.6. The van der Waals surface area contributed by atoms with E-state index in [1.165, 1.54) is 18.9 Å². The van der Waals surface area contributed by atoms with Gasteiger partial charge in [-0.2, -0.15) is 0 Å². The minimum Gasteiger partial charge on any atom is -0.355 e. The third-order valence-corrected chi connectivity index (χ3v) is 5.79. The van der Waals surface area contributed by atoms with Crippen molar-refractivity contribution in [1.29, 1.82) is 0 Å². The molecular weight excluding hydrogens is 503 g/mol. The third-order valence-electron chi connectivity index (χ3n) is 5.79. The smallest absolute Gasteiger partial charge is 0.225 e. The van der Waals surface area contributed by atoms with Gasteiger partial charge in [0, 0.05) is 64.3 Å². The quantitative estimate of drug-likeness (QED) is 0.334. The van der Waals surface area contributed by atoms with Crippen LogP contribution in [0.2, 0.25) is 0 Å². The summed E-state index contributed by atoms with van der Waals surface area (Å²) in [5.74, 6) is 0.231. The minimum atomic E-state index is -0.461. The van der Waals surface area contributed by atoms with Crippen molar-refractivity contribution >= 4 is 35.8 Å². The van der Waals surface area contributed by atoms with E-state index in [-0.39, 0.29) is 42.0 Å². The van der Waals surface area contributed by atoms with Crippen LogP contribution in [0.15, 0.2) is 23.2 Å². The minimum absolute atomic E-state index is 0. The number of benzene rings is 1. The molecule has 2 fully saturated rings. The molecule has 0 spiro atoms. The number of aliphatic imine (C=N–C) groups is 1. The van der Waals surface area contributed by atoms with Gasteiger partial charge in [-0.1, -0.05) is 12.8 Å². The fourth-order valence-electron chi connectivity index (χ4n) is 4.03. The van der Waals surface area contributed by atoms with E-state index >= 15 is 0 Å². The Morgan fingerprint density at radius 1 is 1.13 bits per heavy atom. The number of piperazine rings is 1. The second-order valence-corrected chi connectivity index (χ2v) is 7.74. The van der Waals surface area contributed by atoms with Gasteiger partial charge in [0.25, 0.3) is 0 Å². The van der Waals surface area contributed by atoms with Gasteiger partial charge in [-0.05, 0) is 31.0 Å². The average molecular weight is 535 g/mol. The lowest BCUT2D eigenvalue weighted by Crippen LogP contribution is -2.51. The van der Waals surface area contributed by atoms with Gasteiger partial charge in [0.05, 0.1) is 0 Å². The van der Waals surface area contributed by atoms with Crippen molar-refractivity contribution in [2.45, 2.75) is 32.2 Å². The molecule has 1 saturated heterocycles. The summed E-state index contributed by atoms with van der Waals surface area (Å²) >= 11 is 0. The number of carbonyl (C=O) groups is 1. The van der Waals surface area contributed by atoms with Crippen molar-refractivity contribution in [3.63, 3.8) is 0 Å². The fraction of sp³-hybridized carbons (Fsp3) is 0.619. The normalized spacial score (nSPS) is 18.2. The third kappa shape index (κ3) is 7.04. The van der Waals surface area contributed by atoms with Crippen LogP contribution in [-0.4, -0.2) is 68.0 Å². The maximum Gasteiger partial charge on any atom is 0.225 e. The van der Waals surface area contributed by atoms with Crippen molar-refractivity contribution < 1.29 is 13.6 Å². The highest BCUT2D eigenvalue weighted by molar-refractivity contribution is 14.0. The van der Waals surface area contributed by atoms with E-state index in [4.69, 9.17) is 0 Å². The first-order valence-electron chi connectivity index (χ1n) is 10.5. The van der Waals surface area contributed by atoms with Crippen LogP contribution in [0.5, 0.6) is 0 Å². The molecule has 2 N–H and O–H groups in total. The predicted molar refractivity (Wildman–Crippen MR) is 125 cm³/mol. The fourth-order valence-corrected chi connectivity index (χ4v) is 4.03. The predicted octanol–water partition coefficient (Wildman–Crippen LogP) is 2.58. The topological polar surface area (TPSA) is 60.0 Å². The summed E-state index contributed by atoms with van der Waals surface area (Å²) in [5.41, 5.74) is 0.260. The van der Waals surface area contributed by atoms with Gasteiger partial charge in [0.1, 0.15) is 11.6 Å². The van der Waals surface area contributed by atoms with Gasteiger partial charge in [0.2, 0.25) is 5.91 Å². The Morgan fingerprint density at radius 2 is 1.83 bits per heavy atom. The van der Waals surface area contributed by atoms with Crippen LogP contribution >= 0.6 is 24.0 Å². The molecule has 30 heavy (non-hydrogen) atoms. The Morgan fingerprint density at radius 3 is 2.50 bits per heavy atom. The van der Waals surface area contributed by atoms with Crippen LogP contribution in [-0.2, 0) is 11.3 Å². The summed E-state index contributed by atoms with van der Waals surface area (Å²) in [6.45, 7) is 5.01. The largest absolute Gasteiger partial charge is 0.355 e. The number of hydrogen-bond acceptors (Lipinski definition) is 3. The zero-order valence-corrected chi connectivity index (χ0v) is 19.8. The molecule has 1 amide bonds. The maximum atomic E-state index is 13.7. The van der Waals surface area contributed by atoms with Crippen molar-refractivity contribution in [2.75, 3.05) is 46.3 Å². The summed E-state index contributed by atoms with van der Waals surface area (Å²) in [7, 11) is 1.64. The lowest BCUT2D eigenvalue weighted by Gasteiger charge is -2.36. The molecule has 1 saturated carbocycles. The van der Waals surface area contributed by atoms with Crippen LogP contribution in [0, 0.1) is 17.6 Å². The molecule has 1 aliphatic carbocycles. The van der Waals surface area contributed by atoms with E-state index in [1.807, 2.05) is 4.90 Å². The molecule has 1 aromatic carbocycles. The monoisotopic (exact) mass is 535 g/mol. The summed E-state index contributed by atoms with van der Waals surface area (Å²) in [4.78, 5) is 21.0. The molecule has 1 aromatic rings. The Balaban J connectivity index is 0.00000320. The van der Waals surface area contributed by atoms with Crippen LogP contribution in [0.1, 0.15) is 31.2 Å². The van der Waals surface area contributed by atoms with Crippen molar-refractivity contribution in [3.8, 4) is 0 Å². The van der Waals surface area contributed by atoms with Gasteiger partial charge in [-0.3, -0.25) is 14.7 Å². The highest BCUT2D eigenvalue weighted by atomic mass is 127. The van der Waals surface area contributed by atoms with Crippen LogP contribution in [0.4, 0.5) is 8.78 Å². The number of rotatable bonds is 6. The number of nitrogens with zero attached hydrogens (tertiary/aromatic N) is 3. The van der Waals surface area contributed by atoms with E-state index in [0.29, 0.717) is 18.4 Å². The molecule has 9 heteroatoms. The van der Waals surface area contributed by atoms with E-state index in [0.717, 1.165) is 57.7 Å². The molecule has 1 heterocycles. The first-order chi connectivity index (χ1) is 14.1. The lowest BCUT2D eigenvalue weighted by molar-refractivity contribution is -0.137. The average Bonchev–Trinajstić information content (AvgIpc) is 3.27. The summed E-state index contributed by atoms with van der Waals surface area (Å²) in [6, 6.07) is 3.41. The number of halogens is 3. The standard InChI is InChI=1S/C21H31F2N5O.HI/c1-24-21(26-15-17-14-18(22)6-7-19(17)23)25-8-9-27-10-12-28(13-11-27)20(29)16-4-2-3-5-16;/h6-7,14,16H,2-5,8-13,15H2,1H3,(H2,24,25,26);1H. The summed E-state index contributed by atoms with van der Waals surface area (Å²) < 4.78 is 27.0. The molecule has 0 bridgehead atoms. The molecule has 0 radical (unpaired) electrons. The van der Waals surface area contributed by atoms with E-state index in [2.05, 4.69) is 20.5 Å². The lowest BCUT2D eigenvalue weighted by atomic mass is 10.1. The summed E-state index contributed by atoms with van der Waals surface area (Å²) in [5, 5.41) is 6.21. The summed E-state index contributed by atoms with van der Waals surface area (Å²) in [6.07, 6.45) is 4.47. The van der Waals surface area contributed by atoms with Gasteiger partial charge >= 0.3 is 0 Å². The molecule has 3 rings (SSSR count). The number of carbonyl (C=O) groups excluding carboxylic acids is 1. The Hall–Kier alpha value is -1.49. The highest BCUT2D eigenvalue weighted by Crippen LogP contribution is 2.26. The SMILES string of the molecule is CN=C(NCCN1CCN(C(=O)C2CCCC2)CC1)NCc1cc(F)ccc1F.I. The van der Waals surface area contributed by atoms with Crippen molar-refractivity contribution in [3.05, 3.63) is 35.4 Å². The van der Waals surface area contributed by atoms with Crippen molar-refractivity contribution in [2.24, 2.45) is 10.9 Å². The number of amides is 1. The second-order valence-electron chi connectivity index (χ2n) is 7.74. The molecule has 6 nitrogen and oxygen atoms in total. The highest BCUT2D eigenvalue weighted by Gasteiger charge is 2.29. The zero-order valence-electron chi connectivity index (χ0n) is 17.5. The van der Waals surface area contributed by atoms with Crippen LogP contribution in [0.25, 0.3) is 0 Å². The molecule has 0 aromatic heterocycles. The molecule has 168 valence electrons. The van der Waals surface area contributed by atoms with Gasteiger partial charge in [-0.25, -0.2) is 8.78 Å². The number of hydrogen-bond donors (Lipinski definition) is 2. The molecule has 2 aliphatic rings. The maximum absolute atomic E-state index is 13.7. The van der Waals surface area contributed by atoms with Crippen LogP contribution in [0.3, 0.4) is 0 Å². The van der Waals surface area contributed by atoms with Gasteiger partial charge < -0.3 is 15.5 Å². The number of guanidine groups is 1. The first kappa shape index (κ1) is 24.8. The second kappa shape index (κ2) is 12.4. The Bertz CT molecular complexity index is 719. The van der Waals surface area contributed by atoms with Gasteiger partial charge in [0.15, 0.2) is 5.96 Å². The first-order valence-corrected chi connectivity index (χ1v) is 10.5. The Kier molecular flexibility index (Phi) is 10.2. The van der Waals surface area contributed by atoms with E-state index < -0.39 is 11.6 Å². The van der Waals surface area contributed by atoms with Gasteiger partial charge in [-0.15, -0.1) is 24.0 Å². The Labute approximate surface area is 194 Å². The van der Waals surface area contributed by atoms with E-state index in [9.17, 15) is 13.6 Å². The molecule has 1 aliphatic heterocycles. The van der Waals surface area contributed by atoms with Crippen LogP contribution < -0.4 is 10.6 Å². The molecule has 0 atom stereocenters. The molecular formula is C21H32F2IN5O. The van der Waals surface area contributed by atoms with Crippen molar-refractivity contribution in [1.82, 2.24) is 20.4 Å². The number of nitrogens with one attached hydrogen (secondary N) is 2. The van der Waals surface area contributed by atoms with E-state index in [1.54, 1.807) is 7.05 Å². The molecule has 0 unspecified atom stereocenters.